The molecule has 0 unspecified atom stereocenters. The summed E-state index contributed by atoms with van der Waals surface area (Å²) in [4.78, 5) is 4.72. The van der Waals surface area contributed by atoms with Gasteiger partial charge in [-0.05, 0) is 25.0 Å². The number of pyridine rings is 1. The number of nitrogens with zero attached hydrogens (tertiary/aromatic N) is 1. The molecule has 0 aromatic carbocycles. The first-order chi connectivity index (χ1) is 7.77. The van der Waals surface area contributed by atoms with Crippen LogP contribution in [0.5, 0.6) is 0 Å². The number of thiocarbonyl (C=S) groups is 1. The molecule has 86 valence electrons. The summed E-state index contributed by atoms with van der Waals surface area (Å²) in [6, 6.07) is 4.30. The second-order valence-electron chi connectivity index (χ2n) is 4.24. The van der Waals surface area contributed by atoms with E-state index in [1.54, 1.807) is 6.20 Å². The molecule has 3 nitrogen and oxygen atoms in total. The van der Waals surface area contributed by atoms with Crippen molar-refractivity contribution in [2.75, 3.05) is 5.32 Å². The van der Waals surface area contributed by atoms with Crippen LogP contribution >= 0.6 is 12.2 Å². The Labute approximate surface area is 101 Å². The summed E-state index contributed by atoms with van der Waals surface area (Å²) in [5.41, 5.74) is 6.52. The lowest BCUT2D eigenvalue weighted by Gasteiger charge is -2.24. The van der Waals surface area contributed by atoms with Gasteiger partial charge in [0.25, 0.3) is 0 Å². The molecule has 1 aromatic heterocycles. The highest BCUT2D eigenvalue weighted by molar-refractivity contribution is 7.80. The number of hydrogen-bond acceptors (Lipinski definition) is 3. The fourth-order valence-corrected chi connectivity index (χ4v) is 2.32. The molecule has 1 aliphatic rings. The van der Waals surface area contributed by atoms with Gasteiger partial charge in [0.15, 0.2) is 0 Å². The molecular weight excluding hydrogens is 218 g/mol. The predicted molar refractivity (Wildman–Crippen MR) is 70.6 cm³/mol. The van der Waals surface area contributed by atoms with Crippen LogP contribution in [0.1, 0.15) is 37.7 Å². The summed E-state index contributed by atoms with van der Waals surface area (Å²) in [5, 5.41) is 3.45. The molecule has 2 rings (SSSR count). The van der Waals surface area contributed by atoms with E-state index in [0.29, 0.717) is 11.0 Å². The fraction of sp³-hybridized carbons (Fsp3) is 0.500. The van der Waals surface area contributed by atoms with E-state index in [0.717, 1.165) is 11.4 Å². The van der Waals surface area contributed by atoms with Crippen LogP contribution in [0.2, 0.25) is 0 Å². The van der Waals surface area contributed by atoms with E-state index in [1.165, 1.54) is 32.1 Å². The molecule has 1 heterocycles. The third-order valence-corrected chi connectivity index (χ3v) is 3.24. The summed E-state index contributed by atoms with van der Waals surface area (Å²) in [6.07, 6.45) is 8.15. The smallest absolute Gasteiger partial charge is 0.136 e. The molecule has 1 aliphatic carbocycles. The van der Waals surface area contributed by atoms with Crippen LogP contribution in [0, 0.1) is 0 Å². The van der Waals surface area contributed by atoms with Crippen LogP contribution in [-0.4, -0.2) is 16.0 Å². The van der Waals surface area contributed by atoms with E-state index in [4.69, 9.17) is 18.0 Å². The molecule has 0 saturated heterocycles. The largest absolute Gasteiger partial charge is 0.389 e. The van der Waals surface area contributed by atoms with Crippen LogP contribution in [0.3, 0.4) is 0 Å². The van der Waals surface area contributed by atoms with Gasteiger partial charge in [-0.25, -0.2) is 4.98 Å². The quantitative estimate of drug-likeness (QED) is 0.790. The van der Waals surface area contributed by atoms with Gasteiger partial charge in [-0.15, -0.1) is 0 Å². The highest BCUT2D eigenvalue weighted by Crippen LogP contribution is 2.22. The topological polar surface area (TPSA) is 50.9 Å². The van der Waals surface area contributed by atoms with E-state index in [2.05, 4.69) is 10.3 Å². The van der Waals surface area contributed by atoms with Gasteiger partial charge in [0, 0.05) is 12.2 Å². The minimum Gasteiger partial charge on any atom is -0.389 e. The van der Waals surface area contributed by atoms with Crippen molar-refractivity contribution in [2.45, 2.75) is 38.1 Å². The second kappa shape index (κ2) is 5.25. The zero-order chi connectivity index (χ0) is 11.4. The monoisotopic (exact) mass is 235 g/mol. The normalized spacial score (nSPS) is 17.0. The lowest BCUT2D eigenvalue weighted by Crippen LogP contribution is -2.25. The number of aromatic nitrogens is 1. The van der Waals surface area contributed by atoms with Crippen molar-refractivity contribution in [3.05, 3.63) is 23.9 Å². The van der Waals surface area contributed by atoms with Gasteiger partial charge in [-0.1, -0.05) is 31.5 Å². The Hall–Kier alpha value is -1.16. The Balaban J connectivity index is 2.10. The van der Waals surface area contributed by atoms with Gasteiger partial charge >= 0.3 is 0 Å². The molecule has 4 heteroatoms. The summed E-state index contributed by atoms with van der Waals surface area (Å²) in [7, 11) is 0. The molecule has 16 heavy (non-hydrogen) atoms. The average Bonchev–Trinajstić information content (AvgIpc) is 2.31. The number of nitrogens with one attached hydrogen (secondary N) is 1. The van der Waals surface area contributed by atoms with Crippen molar-refractivity contribution in [3.63, 3.8) is 0 Å². The summed E-state index contributed by atoms with van der Waals surface area (Å²) >= 11 is 5.02. The zero-order valence-corrected chi connectivity index (χ0v) is 10.1. The summed E-state index contributed by atoms with van der Waals surface area (Å²) in [6.45, 7) is 0. The molecule has 0 radical (unpaired) electrons. The third kappa shape index (κ3) is 2.70. The number of hydrogen-bond donors (Lipinski definition) is 2. The predicted octanol–water partition coefficient (Wildman–Crippen LogP) is 2.46. The molecule has 0 aliphatic heterocycles. The van der Waals surface area contributed by atoms with Crippen molar-refractivity contribution in [1.29, 1.82) is 0 Å². The molecule has 1 fully saturated rings. The van der Waals surface area contributed by atoms with E-state index in [-0.39, 0.29) is 0 Å². The fourth-order valence-electron chi connectivity index (χ4n) is 2.16. The highest BCUT2D eigenvalue weighted by atomic mass is 32.1. The Kier molecular flexibility index (Phi) is 3.72. The van der Waals surface area contributed by atoms with Crippen molar-refractivity contribution in [2.24, 2.45) is 5.73 Å². The third-order valence-electron chi connectivity index (χ3n) is 3.02. The Morgan fingerprint density at radius 1 is 1.38 bits per heavy atom. The van der Waals surface area contributed by atoms with E-state index < -0.39 is 0 Å². The SMILES string of the molecule is NC(=S)c1cccnc1NC1CCCCC1. The summed E-state index contributed by atoms with van der Waals surface area (Å²) < 4.78 is 0. The van der Waals surface area contributed by atoms with Crippen LogP contribution in [0.15, 0.2) is 18.3 Å². The van der Waals surface area contributed by atoms with Gasteiger partial charge in [0.2, 0.25) is 0 Å². The Morgan fingerprint density at radius 3 is 2.81 bits per heavy atom. The molecule has 3 N–H and O–H groups in total. The molecular formula is C12H17N3S. The highest BCUT2D eigenvalue weighted by Gasteiger charge is 2.15. The van der Waals surface area contributed by atoms with Crippen LogP contribution < -0.4 is 11.1 Å². The van der Waals surface area contributed by atoms with Crippen molar-refractivity contribution >= 4 is 23.0 Å². The van der Waals surface area contributed by atoms with Crippen molar-refractivity contribution in [1.82, 2.24) is 4.98 Å². The molecule has 0 amide bonds. The van der Waals surface area contributed by atoms with E-state index >= 15 is 0 Å². The lowest BCUT2D eigenvalue weighted by molar-refractivity contribution is 0.462. The number of anilines is 1. The van der Waals surface area contributed by atoms with Gasteiger partial charge in [-0.2, -0.15) is 0 Å². The summed E-state index contributed by atoms with van der Waals surface area (Å²) in [5.74, 6) is 0.835. The van der Waals surface area contributed by atoms with E-state index in [9.17, 15) is 0 Å². The standard InChI is InChI=1S/C12H17N3S/c13-11(16)10-7-4-8-14-12(10)15-9-5-2-1-3-6-9/h4,7-9H,1-3,5-6H2,(H2,13,16)(H,14,15). The molecule has 0 bridgehead atoms. The maximum atomic E-state index is 5.67. The first kappa shape index (κ1) is 11.3. The van der Waals surface area contributed by atoms with Crippen molar-refractivity contribution in [3.8, 4) is 0 Å². The number of nitrogens with two attached hydrogens (primary N) is 1. The molecule has 0 spiro atoms. The van der Waals surface area contributed by atoms with Gasteiger partial charge in [0.05, 0.1) is 5.56 Å². The van der Waals surface area contributed by atoms with Crippen molar-refractivity contribution < 1.29 is 0 Å². The Bertz CT molecular complexity index is 372. The average molecular weight is 235 g/mol. The number of rotatable bonds is 3. The molecule has 1 aromatic rings. The van der Waals surface area contributed by atoms with Crippen LogP contribution in [0.4, 0.5) is 5.82 Å². The Morgan fingerprint density at radius 2 is 2.12 bits per heavy atom. The first-order valence-electron chi connectivity index (χ1n) is 5.79. The van der Waals surface area contributed by atoms with Gasteiger partial charge < -0.3 is 11.1 Å². The van der Waals surface area contributed by atoms with Gasteiger partial charge in [-0.3, -0.25) is 0 Å². The maximum Gasteiger partial charge on any atom is 0.136 e. The molecule has 0 atom stereocenters. The van der Waals surface area contributed by atoms with Crippen LogP contribution in [-0.2, 0) is 0 Å². The second-order valence-corrected chi connectivity index (χ2v) is 4.68. The minimum atomic E-state index is 0.409. The maximum absolute atomic E-state index is 5.67. The van der Waals surface area contributed by atoms with Gasteiger partial charge in [0.1, 0.15) is 10.8 Å². The lowest BCUT2D eigenvalue weighted by atomic mass is 9.95. The van der Waals surface area contributed by atoms with Crippen LogP contribution in [0.25, 0.3) is 0 Å². The minimum absolute atomic E-state index is 0.409. The first-order valence-corrected chi connectivity index (χ1v) is 6.19. The van der Waals surface area contributed by atoms with E-state index in [1.807, 2.05) is 12.1 Å². The molecule has 1 saturated carbocycles. The zero-order valence-electron chi connectivity index (χ0n) is 9.28.